The van der Waals surface area contributed by atoms with Crippen LogP contribution >= 0.6 is 0 Å². The van der Waals surface area contributed by atoms with Crippen LogP contribution in [0.1, 0.15) is 19.4 Å². The molecule has 33 heavy (non-hydrogen) atoms. The highest BCUT2D eigenvalue weighted by atomic mass is 16.5. The number of hydrogen-bond donors (Lipinski definition) is 1. The van der Waals surface area contributed by atoms with Crippen LogP contribution in [0.25, 0.3) is 0 Å². The molecule has 1 aliphatic rings. The summed E-state index contributed by atoms with van der Waals surface area (Å²) in [5.41, 5.74) is 2.10. The Morgan fingerprint density at radius 3 is 2.45 bits per heavy atom. The minimum absolute atomic E-state index is 0.115. The van der Waals surface area contributed by atoms with Crippen LogP contribution in [-0.2, 0) is 14.3 Å². The molecule has 1 atom stereocenters. The smallest absolute Gasteiger partial charge is 0.264 e. The fourth-order valence-electron chi connectivity index (χ4n) is 3.56. The molecule has 0 spiro atoms. The average Bonchev–Trinajstić information content (AvgIpc) is 2.83. The number of anilines is 2. The van der Waals surface area contributed by atoms with Crippen LogP contribution in [0.4, 0.5) is 11.4 Å². The summed E-state index contributed by atoms with van der Waals surface area (Å²) in [6, 6.07) is 16.5. The highest BCUT2D eigenvalue weighted by Gasteiger charge is 2.29. The van der Waals surface area contributed by atoms with E-state index in [2.05, 4.69) is 16.3 Å². The van der Waals surface area contributed by atoms with Gasteiger partial charge >= 0.3 is 0 Å². The molecule has 2 aromatic rings. The predicted molar refractivity (Wildman–Crippen MR) is 126 cm³/mol. The Balaban J connectivity index is 1.58. The van der Waals surface area contributed by atoms with Gasteiger partial charge in [0.15, 0.2) is 6.10 Å². The quantitative estimate of drug-likeness (QED) is 0.665. The van der Waals surface area contributed by atoms with Crippen molar-refractivity contribution in [2.45, 2.75) is 20.0 Å². The first-order valence-electron chi connectivity index (χ1n) is 11.0. The maximum atomic E-state index is 13.0. The second-order valence-electron chi connectivity index (χ2n) is 8.28. The second-order valence-corrected chi connectivity index (χ2v) is 8.28. The van der Waals surface area contributed by atoms with Crippen molar-refractivity contribution in [3.05, 3.63) is 54.1 Å². The fraction of sp³-hybridized carbons (Fsp3) is 0.400. The van der Waals surface area contributed by atoms with Gasteiger partial charge in [0.25, 0.3) is 5.91 Å². The molecule has 0 radical (unpaired) electrons. The lowest BCUT2D eigenvalue weighted by atomic mass is 10.1. The number of benzene rings is 2. The van der Waals surface area contributed by atoms with Crippen LogP contribution < -0.4 is 15.0 Å². The summed E-state index contributed by atoms with van der Waals surface area (Å²) in [6.45, 7) is 6.72. The molecular formula is C25H30N4O4. The third-order valence-electron chi connectivity index (χ3n) is 5.39. The van der Waals surface area contributed by atoms with Gasteiger partial charge in [0.05, 0.1) is 25.3 Å². The van der Waals surface area contributed by atoms with Crippen LogP contribution in [0.2, 0.25) is 0 Å². The molecule has 0 bridgehead atoms. The first kappa shape index (κ1) is 24.1. The lowest BCUT2D eigenvalue weighted by Gasteiger charge is -2.29. The molecule has 2 amide bonds. The van der Waals surface area contributed by atoms with E-state index in [0.29, 0.717) is 30.2 Å². The molecule has 1 fully saturated rings. The van der Waals surface area contributed by atoms with Gasteiger partial charge < -0.3 is 24.6 Å². The summed E-state index contributed by atoms with van der Waals surface area (Å²) < 4.78 is 11.3. The molecule has 0 aliphatic carbocycles. The monoisotopic (exact) mass is 450 g/mol. The number of nitrogens with one attached hydrogen (secondary N) is 1. The van der Waals surface area contributed by atoms with Gasteiger partial charge in [-0.25, -0.2) is 0 Å². The topological polar surface area (TPSA) is 94.9 Å². The zero-order valence-electron chi connectivity index (χ0n) is 19.3. The summed E-state index contributed by atoms with van der Waals surface area (Å²) in [5, 5.41) is 12.1. The van der Waals surface area contributed by atoms with Gasteiger partial charge in [0, 0.05) is 31.5 Å². The number of morpholine rings is 1. The summed E-state index contributed by atoms with van der Waals surface area (Å²) in [7, 11) is 1.57. The van der Waals surface area contributed by atoms with Gasteiger partial charge in [-0.05, 0) is 42.3 Å². The third-order valence-corrected chi connectivity index (χ3v) is 5.39. The molecular weight excluding hydrogens is 420 g/mol. The van der Waals surface area contributed by atoms with Crippen LogP contribution in [-0.4, -0.2) is 62.7 Å². The summed E-state index contributed by atoms with van der Waals surface area (Å²) in [6.07, 6.45) is -0.815. The SMILES string of the molecule is CC(C)C(Oc1ccccc1C#N)C(=O)N(C)CC(=O)Nc1ccc(N2CCOCC2)cc1. The lowest BCUT2D eigenvalue weighted by molar-refractivity contribution is -0.141. The van der Waals surface area contributed by atoms with E-state index in [1.165, 1.54) is 4.90 Å². The van der Waals surface area contributed by atoms with Crippen molar-refractivity contribution in [3.8, 4) is 11.8 Å². The lowest BCUT2D eigenvalue weighted by Crippen LogP contribution is -2.45. The molecule has 0 saturated carbocycles. The number of nitrogens with zero attached hydrogens (tertiary/aromatic N) is 3. The predicted octanol–water partition coefficient (Wildman–Crippen LogP) is 2.90. The van der Waals surface area contributed by atoms with E-state index in [-0.39, 0.29) is 24.3 Å². The first-order valence-corrected chi connectivity index (χ1v) is 11.0. The van der Waals surface area contributed by atoms with E-state index >= 15 is 0 Å². The molecule has 1 saturated heterocycles. The van der Waals surface area contributed by atoms with E-state index in [0.717, 1.165) is 18.8 Å². The first-order chi connectivity index (χ1) is 15.9. The molecule has 1 N–H and O–H groups in total. The highest BCUT2D eigenvalue weighted by molar-refractivity contribution is 5.95. The Kier molecular flexibility index (Phi) is 8.28. The molecule has 174 valence electrons. The zero-order valence-corrected chi connectivity index (χ0v) is 19.3. The van der Waals surface area contributed by atoms with Crippen LogP contribution in [0, 0.1) is 17.2 Å². The molecule has 8 nitrogen and oxygen atoms in total. The number of hydrogen-bond acceptors (Lipinski definition) is 6. The van der Waals surface area contributed by atoms with Crippen molar-refractivity contribution in [2.24, 2.45) is 5.92 Å². The number of para-hydroxylation sites is 1. The van der Waals surface area contributed by atoms with Crippen LogP contribution in [0.3, 0.4) is 0 Å². The van der Waals surface area contributed by atoms with E-state index in [1.54, 1.807) is 31.3 Å². The van der Waals surface area contributed by atoms with Crippen LogP contribution in [0.15, 0.2) is 48.5 Å². The van der Waals surface area contributed by atoms with Crippen molar-refractivity contribution >= 4 is 23.2 Å². The Bertz CT molecular complexity index is 994. The number of nitriles is 1. The number of amides is 2. The number of carbonyl (C=O) groups excluding carboxylic acids is 2. The minimum atomic E-state index is -0.815. The van der Waals surface area contributed by atoms with Gasteiger partial charge in [0.1, 0.15) is 11.8 Å². The summed E-state index contributed by atoms with van der Waals surface area (Å²) in [5.74, 6) is -0.423. The number of likely N-dealkylation sites (N-methyl/N-ethyl adjacent to an activating group) is 1. The van der Waals surface area contributed by atoms with Crippen molar-refractivity contribution in [1.82, 2.24) is 4.90 Å². The molecule has 2 aromatic carbocycles. The van der Waals surface area contributed by atoms with Gasteiger partial charge in [-0.15, -0.1) is 0 Å². The van der Waals surface area contributed by atoms with Gasteiger partial charge in [-0.1, -0.05) is 26.0 Å². The van der Waals surface area contributed by atoms with E-state index in [4.69, 9.17) is 9.47 Å². The number of ether oxygens (including phenoxy) is 2. The number of rotatable bonds is 8. The van der Waals surface area contributed by atoms with Gasteiger partial charge in [-0.2, -0.15) is 5.26 Å². The van der Waals surface area contributed by atoms with Crippen LogP contribution in [0.5, 0.6) is 5.75 Å². The van der Waals surface area contributed by atoms with E-state index in [1.807, 2.05) is 38.1 Å². The largest absolute Gasteiger partial charge is 0.479 e. The standard InChI is InChI=1S/C25H30N4O4/c1-18(2)24(33-22-7-5-4-6-19(22)16-26)25(31)28(3)17-23(30)27-20-8-10-21(11-9-20)29-12-14-32-15-13-29/h4-11,18,24H,12-15,17H2,1-3H3,(H,27,30). The van der Waals surface area contributed by atoms with E-state index < -0.39 is 6.10 Å². The molecule has 8 heteroatoms. The average molecular weight is 451 g/mol. The normalized spacial score (nSPS) is 14.3. The van der Waals surface area contributed by atoms with Gasteiger partial charge in [-0.3, -0.25) is 9.59 Å². The maximum Gasteiger partial charge on any atom is 0.264 e. The maximum absolute atomic E-state index is 13.0. The molecule has 1 unspecified atom stereocenters. The molecule has 1 aliphatic heterocycles. The van der Waals surface area contributed by atoms with Crippen molar-refractivity contribution in [2.75, 3.05) is 50.1 Å². The van der Waals surface area contributed by atoms with Crippen molar-refractivity contribution < 1.29 is 19.1 Å². The molecule has 0 aromatic heterocycles. The summed E-state index contributed by atoms with van der Waals surface area (Å²) >= 11 is 0. The zero-order chi connectivity index (χ0) is 23.8. The minimum Gasteiger partial charge on any atom is -0.479 e. The second kappa shape index (κ2) is 11.3. The van der Waals surface area contributed by atoms with Crippen molar-refractivity contribution in [3.63, 3.8) is 0 Å². The molecule has 1 heterocycles. The Labute approximate surface area is 194 Å². The fourth-order valence-corrected chi connectivity index (χ4v) is 3.56. The Morgan fingerprint density at radius 2 is 1.82 bits per heavy atom. The van der Waals surface area contributed by atoms with E-state index in [9.17, 15) is 14.9 Å². The van der Waals surface area contributed by atoms with Crippen molar-refractivity contribution in [1.29, 1.82) is 5.26 Å². The number of carbonyl (C=O) groups is 2. The highest BCUT2D eigenvalue weighted by Crippen LogP contribution is 2.22. The third kappa shape index (κ3) is 6.46. The van der Waals surface area contributed by atoms with Gasteiger partial charge in [0.2, 0.25) is 5.91 Å². The Morgan fingerprint density at radius 1 is 1.15 bits per heavy atom. The Hall–Kier alpha value is -3.57. The summed E-state index contributed by atoms with van der Waals surface area (Å²) in [4.78, 5) is 29.1. The molecule has 3 rings (SSSR count).